The van der Waals surface area contributed by atoms with Gasteiger partial charge in [0.1, 0.15) is 6.54 Å². The van der Waals surface area contributed by atoms with Gasteiger partial charge in [-0.1, -0.05) is 19.4 Å². The Morgan fingerprint density at radius 1 is 1.33 bits per heavy atom. The Morgan fingerprint density at radius 2 is 1.94 bits per heavy atom. The molecule has 0 aromatic heterocycles. The van der Waals surface area contributed by atoms with Crippen LogP contribution in [0.25, 0.3) is 0 Å². The van der Waals surface area contributed by atoms with E-state index in [1.807, 2.05) is 28.1 Å². The molecule has 0 spiro atoms. The average Bonchev–Trinajstić information content (AvgIpc) is 2.13. The van der Waals surface area contributed by atoms with Crippen LogP contribution in [0.1, 0.15) is 26.2 Å². The van der Waals surface area contributed by atoms with Gasteiger partial charge in [0, 0.05) is 18.5 Å². The maximum atomic E-state index is 11.5. The quantitative estimate of drug-likeness (QED) is 0.351. The standard InChI is InChI=1S/C13H23NO4/c1-5-6-7-8-13(17)18-11(9-12(15)16)10-14(2,3)4/h7-8,11H,5-6,9-10H2,1-4H3/b8-7+. The molecule has 0 radical (unpaired) electrons. The van der Waals surface area contributed by atoms with E-state index < -0.39 is 18.0 Å². The van der Waals surface area contributed by atoms with Crippen LogP contribution >= 0.6 is 0 Å². The summed E-state index contributed by atoms with van der Waals surface area (Å²) in [5.41, 5.74) is 0. The Labute approximate surface area is 109 Å². The number of ether oxygens (including phenoxy) is 1. The van der Waals surface area contributed by atoms with Gasteiger partial charge in [-0.05, 0) is 6.42 Å². The van der Waals surface area contributed by atoms with Crippen molar-refractivity contribution in [1.82, 2.24) is 0 Å². The van der Waals surface area contributed by atoms with Crippen molar-refractivity contribution >= 4 is 11.9 Å². The number of carbonyl (C=O) groups excluding carboxylic acids is 2. The molecule has 0 amide bonds. The van der Waals surface area contributed by atoms with Gasteiger partial charge in [-0.2, -0.15) is 0 Å². The van der Waals surface area contributed by atoms with Gasteiger partial charge in [0.2, 0.25) is 0 Å². The van der Waals surface area contributed by atoms with E-state index >= 15 is 0 Å². The summed E-state index contributed by atoms with van der Waals surface area (Å²) in [5, 5.41) is 10.6. The number of hydrogen-bond acceptors (Lipinski definition) is 4. The molecule has 0 aliphatic heterocycles. The fraction of sp³-hybridized carbons (Fsp3) is 0.692. The minimum Gasteiger partial charge on any atom is -0.550 e. The molecule has 1 unspecified atom stereocenters. The fourth-order valence-corrected chi connectivity index (χ4v) is 1.49. The van der Waals surface area contributed by atoms with Gasteiger partial charge in [0.25, 0.3) is 0 Å². The largest absolute Gasteiger partial charge is 0.550 e. The molecule has 5 nitrogen and oxygen atoms in total. The molecular formula is C13H23NO4. The third-order valence-corrected chi connectivity index (χ3v) is 2.14. The molecule has 5 heteroatoms. The van der Waals surface area contributed by atoms with E-state index in [1.165, 1.54) is 6.08 Å². The molecule has 0 rings (SSSR count). The van der Waals surface area contributed by atoms with E-state index in [0.29, 0.717) is 11.0 Å². The molecule has 0 N–H and O–H groups in total. The first-order valence-electron chi connectivity index (χ1n) is 6.12. The molecule has 0 saturated heterocycles. The SMILES string of the molecule is CCC/C=C/C(=O)OC(CC(=O)[O-])C[N+](C)(C)C. The zero-order chi connectivity index (χ0) is 14.2. The van der Waals surface area contributed by atoms with E-state index in [1.54, 1.807) is 6.08 Å². The third kappa shape index (κ3) is 9.84. The van der Waals surface area contributed by atoms with Crippen LogP contribution in [0.3, 0.4) is 0 Å². The lowest BCUT2D eigenvalue weighted by molar-refractivity contribution is -0.873. The number of nitrogens with zero attached hydrogens (tertiary/aromatic N) is 1. The Kier molecular flexibility index (Phi) is 7.27. The van der Waals surface area contributed by atoms with Crippen LogP contribution in [0.4, 0.5) is 0 Å². The normalized spacial score (nSPS) is 13.6. The van der Waals surface area contributed by atoms with Gasteiger partial charge >= 0.3 is 5.97 Å². The molecule has 1 atom stereocenters. The molecule has 18 heavy (non-hydrogen) atoms. The molecule has 0 aliphatic rings. The highest BCUT2D eigenvalue weighted by atomic mass is 16.5. The zero-order valence-corrected chi connectivity index (χ0v) is 11.6. The van der Waals surface area contributed by atoms with E-state index in [0.717, 1.165) is 12.8 Å². The first-order chi connectivity index (χ1) is 8.24. The lowest BCUT2D eigenvalue weighted by atomic mass is 10.2. The molecule has 0 fully saturated rings. The number of allylic oxidation sites excluding steroid dienone is 1. The topological polar surface area (TPSA) is 66.4 Å². The summed E-state index contributed by atoms with van der Waals surface area (Å²) in [6.07, 6.45) is 3.89. The van der Waals surface area contributed by atoms with Crippen molar-refractivity contribution in [2.45, 2.75) is 32.3 Å². The van der Waals surface area contributed by atoms with Crippen LogP contribution in [-0.4, -0.2) is 50.2 Å². The number of carboxylic acids is 1. The smallest absolute Gasteiger partial charge is 0.330 e. The summed E-state index contributed by atoms with van der Waals surface area (Å²) in [6, 6.07) is 0. The summed E-state index contributed by atoms with van der Waals surface area (Å²) >= 11 is 0. The molecule has 0 aromatic carbocycles. The number of quaternary nitrogens is 1. The molecule has 0 saturated carbocycles. The first-order valence-corrected chi connectivity index (χ1v) is 6.12. The van der Waals surface area contributed by atoms with Gasteiger partial charge < -0.3 is 19.1 Å². The number of unbranched alkanes of at least 4 members (excludes halogenated alkanes) is 1. The van der Waals surface area contributed by atoms with Crippen LogP contribution in [0, 0.1) is 0 Å². The highest BCUT2D eigenvalue weighted by Gasteiger charge is 2.21. The first kappa shape index (κ1) is 16.6. The highest BCUT2D eigenvalue weighted by molar-refractivity contribution is 5.82. The second-order valence-electron chi connectivity index (χ2n) is 5.30. The van der Waals surface area contributed by atoms with Gasteiger partial charge in [-0.25, -0.2) is 4.79 Å². The second kappa shape index (κ2) is 7.87. The van der Waals surface area contributed by atoms with Crippen molar-refractivity contribution in [3.8, 4) is 0 Å². The third-order valence-electron chi connectivity index (χ3n) is 2.14. The summed E-state index contributed by atoms with van der Waals surface area (Å²) < 4.78 is 5.64. The fourth-order valence-electron chi connectivity index (χ4n) is 1.49. The summed E-state index contributed by atoms with van der Waals surface area (Å²) in [4.78, 5) is 22.1. The zero-order valence-electron chi connectivity index (χ0n) is 11.6. The summed E-state index contributed by atoms with van der Waals surface area (Å²) in [5.74, 6) is -1.71. The van der Waals surface area contributed by atoms with Gasteiger partial charge in [-0.3, -0.25) is 0 Å². The van der Waals surface area contributed by atoms with Gasteiger partial charge in [0.15, 0.2) is 6.10 Å². The number of carboxylic acid groups (broad SMARTS) is 1. The van der Waals surface area contributed by atoms with E-state index in [2.05, 4.69) is 0 Å². The Bertz CT molecular complexity index is 305. The van der Waals surface area contributed by atoms with Crippen molar-refractivity contribution in [3.63, 3.8) is 0 Å². The van der Waals surface area contributed by atoms with E-state index in [9.17, 15) is 14.7 Å². The van der Waals surface area contributed by atoms with E-state index in [4.69, 9.17) is 4.74 Å². The summed E-state index contributed by atoms with van der Waals surface area (Å²) in [7, 11) is 5.72. The number of esters is 1. The minimum atomic E-state index is -1.21. The highest BCUT2D eigenvalue weighted by Crippen LogP contribution is 2.05. The Balaban J connectivity index is 4.39. The van der Waals surface area contributed by atoms with Crippen LogP contribution in [0.15, 0.2) is 12.2 Å². The van der Waals surface area contributed by atoms with Crippen LogP contribution in [0.2, 0.25) is 0 Å². The summed E-state index contributed by atoms with van der Waals surface area (Å²) in [6.45, 7) is 2.44. The second-order valence-corrected chi connectivity index (χ2v) is 5.30. The van der Waals surface area contributed by atoms with Crippen LogP contribution in [0.5, 0.6) is 0 Å². The predicted octanol–water partition coefficient (Wildman–Crippen LogP) is 0.101. The maximum Gasteiger partial charge on any atom is 0.330 e. The number of hydrogen-bond donors (Lipinski definition) is 0. The van der Waals surface area contributed by atoms with E-state index in [-0.39, 0.29) is 6.42 Å². The van der Waals surface area contributed by atoms with Crippen LogP contribution in [-0.2, 0) is 14.3 Å². The minimum absolute atomic E-state index is 0.275. The molecule has 0 aromatic rings. The molecule has 0 bridgehead atoms. The molecule has 0 aliphatic carbocycles. The lowest BCUT2D eigenvalue weighted by Gasteiger charge is -2.29. The lowest BCUT2D eigenvalue weighted by Crippen LogP contribution is -2.45. The van der Waals surface area contributed by atoms with Crippen molar-refractivity contribution in [3.05, 3.63) is 12.2 Å². The molecule has 104 valence electrons. The van der Waals surface area contributed by atoms with Crippen molar-refractivity contribution in [2.24, 2.45) is 0 Å². The molecule has 0 heterocycles. The van der Waals surface area contributed by atoms with Gasteiger partial charge in [-0.15, -0.1) is 0 Å². The number of likely N-dealkylation sites (N-methyl/N-ethyl adjacent to an activating group) is 1. The van der Waals surface area contributed by atoms with Crippen molar-refractivity contribution in [1.29, 1.82) is 0 Å². The average molecular weight is 257 g/mol. The van der Waals surface area contributed by atoms with Crippen LogP contribution < -0.4 is 5.11 Å². The Hall–Kier alpha value is -1.36. The van der Waals surface area contributed by atoms with Gasteiger partial charge in [0.05, 0.1) is 21.1 Å². The number of carbonyl (C=O) groups is 2. The number of aliphatic carboxylic acids is 1. The maximum absolute atomic E-state index is 11.5. The predicted molar refractivity (Wildman–Crippen MR) is 66.5 cm³/mol. The van der Waals surface area contributed by atoms with Crippen molar-refractivity contribution < 1.29 is 23.9 Å². The molecular weight excluding hydrogens is 234 g/mol. The Morgan fingerprint density at radius 3 is 2.39 bits per heavy atom. The van der Waals surface area contributed by atoms with Crippen molar-refractivity contribution in [2.75, 3.05) is 27.7 Å². The monoisotopic (exact) mass is 257 g/mol. The number of rotatable bonds is 8.